The highest BCUT2D eigenvalue weighted by Crippen LogP contribution is 2.44. The van der Waals surface area contributed by atoms with Crippen molar-refractivity contribution in [2.75, 3.05) is 25.5 Å². The van der Waals surface area contributed by atoms with E-state index < -0.39 is 17.7 Å². The summed E-state index contributed by atoms with van der Waals surface area (Å²) >= 11 is 7.77. The molecule has 8 nitrogen and oxygen atoms in total. The van der Waals surface area contributed by atoms with Crippen LogP contribution in [-0.4, -0.2) is 51.2 Å². The highest BCUT2D eigenvalue weighted by molar-refractivity contribution is 7.19. The number of carbonyl (C=O) groups excluding carboxylic acids is 1. The van der Waals surface area contributed by atoms with Crippen LogP contribution in [0.2, 0.25) is 5.02 Å². The predicted octanol–water partition coefficient (Wildman–Crippen LogP) is 6.07. The number of hydrogen-bond acceptors (Lipinski definition) is 7. The number of amides is 1. The highest BCUT2D eigenvalue weighted by Gasteiger charge is 2.27. The Hall–Kier alpha value is -4.21. The summed E-state index contributed by atoms with van der Waals surface area (Å²) in [6.07, 6.45) is -0.525. The van der Waals surface area contributed by atoms with Crippen molar-refractivity contribution in [1.29, 1.82) is 5.26 Å². The van der Waals surface area contributed by atoms with Crippen molar-refractivity contribution >= 4 is 55.7 Å². The molecule has 0 bridgehead atoms. The number of benzene rings is 2. The molecule has 0 radical (unpaired) electrons. The molecule has 0 saturated carbocycles. The van der Waals surface area contributed by atoms with E-state index in [0.29, 0.717) is 30.1 Å². The molecule has 0 N–H and O–H groups in total. The number of anilines is 1. The smallest absolute Gasteiger partial charge is 0.311 e. The van der Waals surface area contributed by atoms with Crippen molar-refractivity contribution in [3.05, 3.63) is 68.8 Å². The van der Waals surface area contributed by atoms with Gasteiger partial charge in [0.25, 0.3) is 5.91 Å². The lowest BCUT2D eigenvalue weighted by Crippen LogP contribution is -2.25. The largest absolute Gasteiger partial charge is 0.350 e. The molecular formula is C28H21ClF3N7OS. The second-order valence-corrected chi connectivity index (χ2v) is 11.6. The number of carbonyl (C=O) groups is 1. The van der Waals surface area contributed by atoms with Gasteiger partial charge in [-0.15, -0.1) is 11.3 Å². The van der Waals surface area contributed by atoms with E-state index in [2.05, 4.69) is 21.1 Å². The van der Waals surface area contributed by atoms with Crippen LogP contribution >= 0.6 is 22.9 Å². The van der Waals surface area contributed by atoms with Crippen LogP contribution in [0.5, 0.6) is 0 Å². The Balaban J connectivity index is 1.51. The minimum absolute atomic E-state index is 0.0224. The fourth-order valence-electron chi connectivity index (χ4n) is 5.25. The van der Waals surface area contributed by atoms with E-state index in [4.69, 9.17) is 11.6 Å². The summed E-state index contributed by atoms with van der Waals surface area (Å²) in [5.41, 5.74) is 1.03. The third-order valence-electron chi connectivity index (χ3n) is 7.12. The van der Waals surface area contributed by atoms with E-state index in [1.54, 1.807) is 36.7 Å². The number of nitrogens with zero attached hydrogens (tertiary/aromatic N) is 7. The zero-order valence-electron chi connectivity index (χ0n) is 22.1. The summed E-state index contributed by atoms with van der Waals surface area (Å²) < 4.78 is 47.8. The number of halogens is 4. The Morgan fingerprint density at radius 3 is 2.68 bits per heavy atom. The third kappa shape index (κ3) is 4.36. The highest BCUT2D eigenvalue weighted by atomic mass is 35.5. The topological polar surface area (TPSA) is 90.9 Å². The molecule has 0 spiro atoms. The molecule has 208 valence electrons. The summed E-state index contributed by atoms with van der Waals surface area (Å²) in [4.78, 5) is 24.0. The van der Waals surface area contributed by atoms with Crippen LogP contribution in [0.15, 0.2) is 24.3 Å². The van der Waals surface area contributed by atoms with E-state index in [9.17, 15) is 18.8 Å². The molecule has 2 aromatic carbocycles. The Morgan fingerprint density at radius 1 is 1.17 bits per heavy atom. The fraction of sp³-hybridized carbons (Fsp3) is 0.250. The fourth-order valence-corrected chi connectivity index (χ4v) is 6.58. The van der Waals surface area contributed by atoms with Gasteiger partial charge < -0.3 is 9.80 Å². The SMILES string of the molecule is Cc1sc2c(F)ccc(-c3c(Cl)cc4c(N5CCCn6nc(C(=O)N(C)C)cc6C5)nc(F)nc4c3F)c2c1C#N. The molecule has 5 aromatic rings. The standard InChI is InChI=1S/C28H21ClF3N7OS/c1-13-17(11-33)21-15(5-6-19(30)25(21)41-13)22-18(29)10-16-24(23(22)31)34-28(32)35-26(16)38-7-4-8-39-14(12-38)9-20(36-39)27(40)37(2)3/h5-6,9-10H,4,7-8,12H2,1-3H3. The van der Waals surface area contributed by atoms with Gasteiger partial charge in [0, 0.05) is 48.4 Å². The second kappa shape index (κ2) is 10.0. The first kappa shape index (κ1) is 27.0. The first-order valence-electron chi connectivity index (χ1n) is 12.6. The van der Waals surface area contributed by atoms with Crippen LogP contribution in [0.4, 0.5) is 19.0 Å². The van der Waals surface area contributed by atoms with Gasteiger partial charge in [0.1, 0.15) is 23.2 Å². The van der Waals surface area contributed by atoms with E-state index in [1.807, 2.05) is 0 Å². The molecule has 1 aliphatic heterocycles. The van der Waals surface area contributed by atoms with Crippen molar-refractivity contribution < 1.29 is 18.0 Å². The van der Waals surface area contributed by atoms with Crippen molar-refractivity contribution in [3.63, 3.8) is 0 Å². The van der Waals surface area contributed by atoms with Gasteiger partial charge in [-0.2, -0.15) is 24.7 Å². The number of nitriles is 1. The van der Waals surface area contributed by atoms with Gasteiger partial charge in [0.15, 0.2) is 11.5 Å². The monoisotopic (exact) mass is 595 g/mol. The van der Waals surface area contributed by atoms with Gasteiger partial charge >= 0.3 is 6.08 Å². The Bertz CT molecular complexity index is 1950. The van der Waals surface area contributed by atoms with Crippen LogP contribution in [-0.2, 0) is 13.1 Å². The van der Waals surface area contributed by atoms with Crippen LogP contribution in [0, 0.1) is 36.0 Å². The summed E-state index contributed by atoms with van der Waals surface area (Å²) in [5, 5.41) is 14.6. The lowest BCUT2D eigenvalue weighted by atomic mass is 9.96. The molecule has 41 heavy (non-hydrogen) atoms. The number of aromatic nitrogens is 4. The van der Waals surface area contributed by atoms with Crippen LogP contribution in [0.3, 0.4) is 0 Å². The van der Waals surface area contributed by atoms with Crippen molar-refractivity contribution in [1.82, 2.24) is 24.6 Å². The number of aryl methyl sites for hydroxylation is 2. The van der Waals surface area contributed by atoms with Crippen molar-refractivity contribution in [2.45, 2.75) is 26.4 Å². The van der Waals surface area contributed by atoms with Gasteiger partial charge in [0.2, 0.25) is 0 Å². The zero-order valence-corrected chi connectivity index (χ0v) is 23.7. The maximum atomic E-state index is 16.3. The van der Waals surface area contributed by atoms with E-state index >= 15 is 4.39 Å². The van der Waals surface area contributed by atoms with E-state index in [1.165, 1.54) is 23.1 Å². The molecule has 1 amide bonds. The zero-order chi connectivity index (χ0) is 29.2. The summed E-state index contributed by atoms with van der Waals surface area (Å²) in [6.45, 7) is 2.90. The van der Waals surface area contributed by atoms with Gasteiger partial charge in [-0.05, 0) is 37.1 Å². The Labute approximate surface area is 241 Å². The molecule has 6 rings (SSSR count). The van der Waals surface area contributed by atoms with Crippen LogP contribution < -0.4 is 4.90 Å². The number of hydrogen-bond donors (Lipinski definition) is 0. The minimum atomic E-state index is -1.13. The molecular weight excluding hydrogens is 575 g/mol. The Kier molecular flexibility index (Phi) is 6.59. The summed E-state index contributed by atoms with van der Waals surface area (Å²) in [6, 6.07) is 7.78. The molecule has 0 aliphatic carbocycles. The molecule has 0 unspecified atom stereocenters. The lowest BCUT2D eigenvalue weighted by molar-refractivity contribution is 0.0821. The van der Waals surface area contributed by atoms with E-state index in [0.717, 1.165) is 11.3 Å². The lowest BCUT2D eigenvalue weighted by Gasteiger charge is -2.23. The number of fused-ring (bicyclic) bond motifs is 3. The quantitative estimate of drug-likeness (QED) is 0.235. The Morgan fingerprint density at radius 2 is 1.95 bits per heavy atom. The third-order valence-corrected chi connectivity index (χ3v) is 8.53. The summed E-state index contributed by atoms with van der Waals surface area (Å²) in [7, 11) is 3.28. The molecule has 13 heteroatoms. The molecule has 4 heterocycles. The van der Waals surface area contributed by atoms with Gasteiger partial charge in [0.05, 0.1) is 27.5 Å². The molecule has 0 atom stereocenters. The average Bonchev–Trinajstić information content (AvgIpc) is 3.43. The first-order valence-corrected chi connectivity index (χ1v) is 13.8. The van der Waals surface area contributed by atoms with Gasteiger partial charge in [-0.3, -0.25) is 9.48 Å². The maximum absolute atomic E-state index is 16.3. The van der Waals surface area contributed by atoms with Crippen molar-refractivity contribution in [3.8, 4) is 17.2 Å². The second-order valence-electron chi connectivity index (χ2n) is 9.92. The van der Waals surface area contributed by atoms with Gasteiger partial charge in [-0.25, -0.2) is 8.78 Å². The normalized spacial score (nSPS) is 13.4. The molecule has 3 aromatic heterocycles. The average molecular weight is 596 g/mol. The van der Waals surface area contributed by atoms with Crippen molar-refractivity contribution in [2.24, 2.45) is 0 Å². The van der Waals surface area contributed by atoms with Crippen LogP contribution in [0.1, 0.15) is 33.0 Å². The van der Waals surface area contributed by atoms with Gasteiger partial charge in [-0.1, -0.05) is 17.7 Å². The first-order chi connectivity index (χ1) is 19.6. The van der Waals surface area contributed by atoms with E-state index in [-0.39, 0.29) is 66.7 Å². The molecule has 1 aliphatic rings. The molecule has 0 fully saturated rings. The summed E-state index contributed by atoms with van der Waals surface area (Å²) in [5.74, 6) is -1.55. The predicted molar refractivity (Wildman–Crippen MR) is 151 cm³/mol. The number of rotatable bonds is 3. The minimum Gasteiger partial charge on any atom is -0.350 e. The van der Waals surface area contributed by atoms with Crippen LogP contribution in [0.25, 0.3) is 32.1 Å². The molecule has 0 saturated heterocycles. The maximum Gasteiger partial charge on any atom is 0.311 e. The number of thiophene rings is 1.